The van der Waals surface area contributed by atoms with Crippen LogP contribution in [0.1, 0.15) is 18.4 Å². The molecule has 0 radical (unpaired) electrons. The number of benzene rings is 1. The molecule has 0 spiro atoms. The highest BCUT2D eigenvalue weighted by Crippen LogP contribution is 2.30. The third-order valence-electron chi connectivity index (χ3n) is 2.94. The van der Waals surface area contributed by atoms with Crippen LogP contribution in [0.2, 0.25) is 0 Å². The topological polar surface area (TPSA) is 30.5 Å². The number of para-hydroxylation sites is 1. The largest absolute Gasteiger partial charge is 0.493 e. The van der Waals surface area contributed by atoms with E-state index in [1.54, 1.807) is 7.11 Å². The molecule has 1 saturated carbocycles. The highest BCUT2D eigenvalue weighted by molar-refractivity contribution is 5.33. The summed E-state index contributed by atoms with van der Waals surface area (Å²) >= 11 is 0. The number of hydrogen-bond donors (Lipinski definition) is 1. The van der Waals surface area contributed by atoms with Crippen molar-refractivity contribution in [3.8, 4) is 5.75 Å². The van der Waals surface area contributed by atoms with Gasteiger partial charge < -0.3 is 14.8 Å². The lowest BCUT2D eigenvalue weighted by molar-refractivity contribution is 0.199. The van der Waals surface area contributed by atoms with Crippen LogP contribution < -0.4 is 10.1 Å². The number of nitrogens with one attached hydrogen (secondary N) is 1. The van der Waals surface area contributed by atoms with Crippen LogP contribution in [0.3, 0.4) is 0 Å². The summed E-state index contributed by atoms with van der Waals surface area (Å²) in [6.07, 6.45) is 2.66. The van der Waals surface area contributed by atoms with Gasteiger partial charge >= 0.3 is 0 Å². The van der Waals surface area contributed by atoms with Gasteiger partial charge in [-0.05, 0) is 24.8 Å². The van der Waals surface area contributed by atoms with E-state index >= 15 is 0 Å². The van der Waals surface area contributed by atoms with Gasteiger partial charge in [-0.15, -0.1) is 0 Å². The van der Waals surface area contributed by atoms with Gasteiger partial charge in [0.1, 0.15) is 5.75 Å². The molecule has 1 aromatic rings. The Morgan fingerprint density at radius 1 is 1.29 bits per heavy atom. The first-order chi connectivity index (χ1) is 8.40. The molecular weight excluding hydrogens is 214 g/mol. The summed E-state index contributed by atoms with van der Waals surface area (Å²) in [5.74, 6) is 1.81. The minimum absolute atomic E-state index is 0.741. The lowest BCUT2D eigenvalue weighted by Gasteiger charge is -2.11. The van der Waals surface area contributed by atoms with E-state index in [2.05, 4.69) is 23.5 Å². The Morgan fingerprint density at radius 3 is 2.88 bits per heavy atom. The van der Waals surface area contributed by atoms with Crippen molar-refractivity contribution in [2.24, 2.45) is 5.92 Å². The smallest absolute Gasteiger partial charge is 0.123 e. The van der Waals surface area contributed by atoms with Gasteiger partial charge in [-0.1, -0.05) is 18.2 Å². The van der Waals surface area contributed by atoms with E-state index in [9.17, 15) is 0 Å². The van der Waals surface area contributed by atoms with Crippen LogP contribution in [0.5, 0.6) is 5.75 Å². The molecule has 1 aliphatic carbocycles. The van der Waals surface area contributed by atoms with Crippen molar-refractivity contribution in [1.29, 1.82) is 0 Å². The molecule has 1 aromatic carbocycles. The Morgan fingerprint density at radius 2 is 2.12 bits per heavy atom. The van der Waals surface area contributed by atoms with Crippen LogP contribution in [-0.2, 0) is 11.3 Å². The molecule has 0 aliphatic heterocycles. The molecule has 3 heteroatoms. The standard InChI is InChI=1S/C14H21NO2/c1-16-9-8-15-10-13-4-2-3-5-14(13)17-11-12-6-7-12/h2-5,12,15H,6-11H2,1H3. The summed E-state index contributed by atoms with van der Waals surface area (Å²) < 4.78 is 10.9. The highest BCUT2D eigenvalue weighted by atomic mass is 16.5. The number of rotatable bonds is 8. The van der Waals surface area contributed by atoms with E-state index in [1.807, 2.05) is 6.07 Å². The Labute approximate surface area is 103 Å². The molecule has 0 aromatic heterocycles. The highest BCUT2D eigenvalue weighted by Gasteiger charge is 2.22. The number of ether oxygens (including phenoxy) is 2. The summed E-state index contributed by atoms with van der Waals surface area (Å²) in [6.45, 7) is 3.32. The summed E-state index contributed by atoms with van der Waals surface area (Å²) in [4.78, 5) is 0. The lowest BCUT2D eigenvalue weighted by Crippen LogP contribution is -2.19. The molecule has 17 heavy (non-hydrogen) atoms. The third kappa shape index (κ3) is 4.36. The zero-order valence-corrected chi connectivity index (χ0v) is 10.4. The van der Waals surface area contributed by atoms with Gasteiger partial charge in [-0.2, -0.15) is 0 Å². The quantitative estimate of drug-likeness (QED) is 0.701. The summed E-state index contributed by atoms with van der Waals surface area (Å²) in [5.41, 5.74) is 1.23. The Bertz CT molecular complexity index is 337. The van der Waals surface area contributed by atoms with Crippen molar-refractivity contribution in [3.05, 3.63) is 29.8 Å². The second kappa shape index (κ2) is 6.62. The van der Waals surface area contributed by atoms with Gasteiger partial charge in [-0.25, -0.2) is 0 Å². The molecule has 1 aliphatic rings. The molecule has 1 fully saturated rings. The van der Waals surface area contributed by atoms with Crippen LogP contribution in [0.25, 0.3) is 0 Å². The first kappa shape index (κ1) is 12.4. The average molecular weight is 235 g/mol. The minimum Gasteiger partial charge on any atom is -0.493 e. The molecular formula is C14H21NO2. The molecule has 0 unspecified atom stereocenters. The fourth-order valence-corrected chi connectivity index (χ4v) is 1.68. The zero-order valence-electron chi connectivity index (χ0n) is 10.4. The second-order valence-electron chi connectivity index (χ2n) is 4.53. The van der Waals surface area contributed by atoms with E-state index in [4.69, 9.17) is 9.47 Å². The third-order valence-corrected chi connectivity index (χ3v) is 2.94. The number of methoxy groups -OCH3 is 1. The average Bonchev–Trinajstić information content (AvgIpc) is 3.17. The van der Waals surface area contributed by atoms with Crippen LogP contribution in [0.15, 0.2) is 24.3 Å². The first-order valence-corrected chi connectivity index (χ1v) is 6.30. The predicted molar refractivity (Wildman–Crippen MR) is 68.2 cm³/mol. The van der Waals surface area contributed by atoms with E-state index in [-0.39, 0.29) is 0 Å². The van der Waals surface area contributed by atoms with Gasteiger partial charge in [-0.3, -0.25) is 0 Å². The second-order valence-corrected chi connectivity index (χ2v) is 4.53. The molecule has 94 valence electrons. The molecule has 0 atom stereocenters. The van der Waals surface area contributed by atoms with Crippen molar-refractivity contribution in [2.45, 2.75) is 19.4 Å². The van der Waals surface area contributed by atoms with Gasteiger partial charge in [0.05, 0.1) is 13.2 Å². The van der Waals surface area contributed by atoms with Crippen molar-refractivity contribution in [3.63, 3.8) is 0 Å². The molecule has 0 heterocycles. The van der Waals surface area contributed by atoms with Crippen molar-refractivity contribution >= 4 is 0 Å². The predicted octanol–water partition coefficient (Wildman–Crippen LogP) is 2.21. The van der Waals surface area contributed by atoms with Crippen LogP contribution >= 0.6 is 0 Å². The van der Waals surface area contributed by atoms with E-state index in [0.717, 1.165) is 38.0 Å². The van der Waals surface area contributed by atoms with Crippen molar-refractivity contribution in [1.82, 2.24) is 5.32 Å². The normalized spacial score (nSPS) is 14.9. The molecule has 1 N–H and O–H groups in total. The Hall–Kier alpha value is -1.06. The Balaban J connectivity index is 1.80. The van der Waals surface area contributed by atoms with Crippen molar-refractivity contribution < 1.29 is 9.47 Å². The maximum absolute atomic E-state index is 5.85. The van der Waals surface area contributed by atoms with Crippen molar-refractivity contribution in [2.75, 3.05) is 26.9 Å². The molecule has 0 saturated heterocycles. The van der Waals surface area contributed by atoms with E-state index in [1.165, 1.54) is 18.4 Å². The van der Waals surface area contributed by atoms with Crippen LogP contribution in [0, 0.1) is 5.92 Å². The summed E-state index contributed by atoms with van der Waals surface area (Å²) in [6, 6.07) is 8.25. The molecule has 3 nitrogen and oxygen atoms in total. The summed E-state index contributed by atoms with van der Waals surface area (Å²) in [7, 11) is 1.72. The van der Waals surface area contributed by atoms with Crippen LogP contribution in [0.4, 0.5) is 0 Å². The molecule has 2 rings (SSSR count). The minimum atomic E-state index is 0.741. The fraction of sp³-hybridized carbons (Fsp3) is 0.571. The van der Waals surface area contributed by atoms with Crippen LogP contribution in [-0.4, -0.2) is 26.9 Å². The first-order valence-electron chi connectivity index (χ1n) is 6.30. The zero-order chi connectivity index (χ0) is 11.9. The number of hydrogen-bond acceptors (Lipinski definition) is 3. The molecule has 0 amide bonds. The maximum atomic E-state index is 5.85. The monoisotopic (exact) mass is 235 g/mol. The summed E-state index contributed by atoms with van der Waals surface area (Å²) in [5, 5.41) is 3.34. The fourth-order valence-electron chi connectivity index (χ4n) is 1.68. The van der Waals surface area contributed by atoms with Gasteiger partial charge in [0.15, 0.2) is 0 Å². The van der Waals surface area contributed by atoms with Gasteiger partial charge in [0.2, 0.25) is 0 Å². The maximum Gasteiger partial charge on any atom is 0.123 e. The molecule has 0 bridgehead atoms. The SMILES string of the molecule is COCCNCc1ccccc1OCC1CC1. The van der Waals surface area contributed by atoms with E-state index in [0.29, 0.717) is 0 Å². The lowest BCUT2D eigenvalue weighted by atomic mass is 10.2. The van der Waals surface area contributed by atoms with E-state index < -0.39 is 0 Å². The van der Waals surface area contributed by atoms with Gasteiger partial charge in [0, 0.05) is 25.8 Å². The Kier molecular flexibility index (Phi) is 4.83. The van der Waals surface area contributed by atoms with Gasteiger partial charge in [0.25, 0.3) is 0 Å².